The Balaban J connectivity index is 1.82. The number of nitrogens with one attached hydrogen (secondary N) is 1. The first kappa shape index (κ1) is 32.5. The van der Waals surface area contributed by atoms with E-state index in [1.807, 2.05) is 0 Å². The van der Waals surface area contributed by atoms with Crippen LogP contribution in [-0.4, -0.2) is 42.5 Å². The summed E-state index contributed by atoms with van der Waals surface area (Å²) in [6, 6.07) is 9.56. The van der Waals surface area contributed by atoms with Gasteiger partial charge in [0.25, 0.3) is 0 Å². The monoisotopic (exact) mass is 649 g/mol. The number of amides is 2. The summed E-state index contributed by atoms with van der Waals surface area (Å²) in [4.78, 5) is 26.9. The van der Waals surface area contributed by atoms with Crippen LogP contribution in [0.3, 0.4) is 0 Å². The molecule has 3 aromatic rings. The fourth-order valence-corrected chi connectivity index (χ4v) is 4.76. The molecule has 1 unspecified atom stereocenters. The van der Waals surface area contributed by atoms with Crippen molar-refractivity contribution in [1.82, 2.24) is 5.01 Å². The van der Waals surface area contributed by atoms with Crippen molar-refractivity contribution in [1.29, 1.82) is 0 Å². The summed E-state index contributed by atoms with van der Waals surface area (Å²) in [5.74, 6) is -1.28. The summed E-state index contributed by atoms with van der Waals surface area (Å²) in [5, 5.41) is 6.55. The number of esters is 1. The molecule has 16 heteroatoms. The quantitative estimate of drug-likeness (QED) is 0.210. The fraction of sp³-hybridized carbons (Fsp3) is 0.250. The molecule has 0 aromatic heterocycles. The SMILES string of the molecule is CCOC(=O)C1(c2ccc(OC(F)F)cc2)CN(C(=O)Nc2ccc(C(F)(F)F)cc2)N=C1c1ccc(C(F)(F)F)c(Cl)c1. The van der Waals surface area contributed by atoms with E-state index in [1.165, 1.54) is 19.1 Å². The average Bonchev–Trinajstić information content (AvgIpc) is 3.34. The molecular weight excluding hydrogens is 630 g/mol. The van der Waals surface area contributed by atoms with E-state index < -0.39 is 59.1 Å². The summed E-state index contributed by atoms with van der Waals surface area (Å²) in [7, 11) is 0. The van der Waals surface area contributed by atoms with Gasteiger partial charge in [-0.25, -0.2) is 9.80 Å². The minimum atomic E-state index is -4.82. The number of hydrogen-bond donors (Lipinski definition) is 1. The largest absolute Gasteiger partial charge is 0.465 e. The molecule has 234 valence electrons. The van der Waals surface area contributed by atoms with Gasteiger partial charge >= 0.3 is 31.0 Å². The lowest BCUT2D eigenvalue weighted by atomic mass is 9.74. The van der Waals surface area contributed by atoms with E-state index in [0.29, 0.717) is 6.07 Å². The fourth-order valence-electron chi connectivity index (χ4n) is 4.47. The number of anilines is 1. The number of ether oxygens (including phenoxy) is 2. The second-order valence-electron chi connectivity index (χ2n) is 9.23. The first-order chi connectivity index (χ1) is 20.6. The van der Waals surface area contributed by atoms with Crippen LogP contribution in [0.4, 0.5) is 45.6 Å². The molecule has 44 heavy (non-hydrogen) atoms. The highest BCUT2D eigenvalue weighted by molar-refractivity contribution is 6.32. The zero-order valence-corrected chi connectivity index (χ0v) is 23.0. The van der Waals surface area contributed by atoms with Gasteiger partial charge in [0.05, 0.1) is 35.0 Å². The molecule has 0 saturated carbocycles. The molecule has 3 aromatic carbocycles. The van der Waals surface area contributed by atoms with Crippen LogP contribution in [0.25, 0.3) is 0 Å². The van der Waals surface area contributed by atoms with Gasteiger partial charge in [-0.2, -0.15) is 40.2 Å². The van der Waals surface area contributed by atoms with Crippen LogP contribution in [0.5, 0.6) is 5.75 Å². The van der Waals surface area contributed by atoms with Gasteiger partial charge < -0.3 is 14.8 Å². The number of alkyl halides is 8. The van der Waals surface area contributed by atoms with Crippen LogP contribution in [0.2, 0.25) is 5.02 Å². The number of carbonyl (C=O) groups is 2. The Morgan fingerprint density at radius 3 is 2.14 bits per heavy atom. The Morgan fingerprint density at radius 1 is 0.977 bits per heavy atom. The molecule has 0 saturated heterocycles. The molecule has 0 aliphatic carbocycles. The van der Waals surface area contributed by atoms with Crippen molar-refractivity contribution in [3.63, 3.8) is 0 Å². The molecule has 1 atom stereocenters. The summed E-state index contributed by atoms with van der Waals surface area (Å²) in [5.41, 5.74) is -4.62. The van der Waals surface area contributed by atoms with Gasteiger partial charge in [0.15, 0.2) is 5.41 Å². The van der Waals surface area contributed by atoms with Crippen LogP contribution < -0.4 is 10.1 Å². The van der Waals surface area contributed by atoms with Gasteiger partial charge in [0.1, 0.15) is 5.75 Å². The summed E-state index contributed by atoms with van der Waals surface area (Å²) < 4.78 is 114. The van der Waals surface area contributed by atoms with Crippen LogP contribution >= 0.6 is 11.6 Å². The lowest BCUT2D eigenvalue weighted by Crippen LogP contribution is -2.48. The van der Waals surface area contributed by atoms with Gasteiger partial charge in [-0.15, -0.1) is 0 Å². The molecule has 1 heterocycles. The number of carbonyl (C=O) groups excluding carboxylic acids is 2. The molecular formula is C28H20ClF8N3O4. The zero-order valence-electron chi connectivity index (χ0n) is 22.3. The third-order valence-electron chi connectivity index (χ3n) is 6.45. The number of hydrazone groups is 1. The Morgan fingerprint density at radius 2 is 1.61 bits per heavy atom. The van der Waals surface area contributed by atoms with Crippen molar-refractivity contribution in [2.45, 2.75) is 31.3 Å². The van der Waals surface area contributed by atoms with E-state index in [4.69, 9.17) is 16.3 Å². The van der Waals surface area contributed by atoms with E-state index in [0.717, 1.165) is 53.5 Å². The van der Waals surface area contributed by atoms with Crippen LogP contribution in [-0.2, 0) is 27.3 Å². The third kappa shape index (κ3) is 6.72. The van der Waals surface area contributed by atoms with Crippen molar-refractivity contribution < 1.29 is 54.2 Å². The van der Waals surface area contributed by atoms with Crippen molar-refractivity contribution in [3.8, 4) is 5.75 Å². The van der Waals surface area contributed by atoms with Crippen molar-refractivity contribution in [2.75, 3.05) is 18.5 Å². The molecule has 0 bridgehead atoms. The Kier molecular flexibility index (Phi) is 9.09. The average molecular weight is 650 g/mol. The molecule has 0 radical (unpaired) electrons. The van der Waals surface area contributed by atoms with Crippen LogP contribution in [0, 0.1) is 0 Å². The van der Waals surface area contributed by atoms with Crippen LogP contribution in [0.1, 0.15) is 29.2 Å². The van der Waals surface area contributed by atoms with Crippen molar-refractivity contribution in [3.05, 3.63) is 94.0 Å². The van der Waals surface area contributed by atoms with Crippen LogP contribution in [0.15, 0.2) is 71.8 Å². The molecule has 2 amide bonds. The maximum absolute atomic E-state index is 13.7. The number of halogens is 9. The summed E-state index contributed by atoms with van der Waals surface area (Å²) in [6.45, 7) is -2.48. The second-order valence-corrected chi connectivity index (χ2v) is 9.64. The van der Waals surface area contributed by atoms with Gasteiger partial charge in [0, 0.05) is 11.3 Å². The third-order valence-corrected chi connectivity index (χ3v) is 6.77. The number of urea groups is 1. The lowest BCUT2D eigenvalue weighted by Gasteiger charge is -2.29. The van der Waals surface area contributed by atoms with Gasteiger partial charge in [0.2, 0.25) is 0 Å². The van der Waals surface area contributed by atoms with E-state index in [9.17, 15) is 44.7 Å². The molecule has 1 aliphatic heterocycles. The Labute approximate surface area is 249 Å². The summed E-state index contributed by atoms with van der Waals surface area (Å²) in [6.07, 6.45) is -9.45. The van der Waals surface area contributed by atoms with Gasteiger partial charge in [-0.3, -0.25) is 4.79 Å². The van der Waals surface area contributed by atoms with E-state index in [-0.39, 0.29) is 34.9 Å². The van der Waals surface area contributed by atoms with Crippen molar-refractivity contribution >= 4 is 35.0 Å². The smallest absolute Gasteiger partial charge is 0.417 e. The molecule has 0 fully saturated rings. The minimum Gasteiger partial charge on any atom is -0.465 e. The maximum atomic E-state index is 13.7. The first-order valence-electron chi connectivity index (χ1n) is 12.5. The van der Waals surface area contributed by atoms with E-state index in [1.54, 1.807) is 0 Å². The molecule has 0 spiro atoms. The number of rotatable bonds is 7. The van der Waals surface area contributed by atoms with E-state index in [2.05, 4.69) is 15.2 Å². The summed E-state index contributed by atoms with van der Waals surface area (Å²) >= 11 is 5.94. The number of hydrogen-bond acceptors (Lipinski definition) is 5. The topological polar surface area (TPSA) is 80.2 Å². The predicted octanol–water partition coefficient (Wildman–Crippen LogP) is 7.73. The van der Waals surface area contributed by atoms with Gasteiger partial charge in [-0.05, 0) is 61.0 Å². The lowest BCUT2D eigenvalue weighted by molar-refractivity contribution is -0.147. The van der Waals surface area contributed by atoms with Gasteiger partial charge in [-0.1, -0.05) is 29.8 Å². The standard InChI is InChI=1S/C28H20ClF8N3O4/c1-2-43-23(41)26(16-6-10-19(11-7-16)44-24(30)31)14-40(25(42)38-18-8-4-17(5-9-18)27(32,33)34)39-22(26)15-3-12-20(21(29)13-15)28(35,36)37/h3-13,24H,2,14H2,1H3,(H,38,42). The first-order valence-corrected chi connectivity index (χ1v) is 12.9. The second kappa shape index (κ2) is 12.3. The molecule has 4 rings (SSSR count). The highest BCUT2D eigenvalue weighted by Crippen LogP contribution is 2.41. The zero-order chi connectivity index (χ0) is 32.4. The number of benzene rings is 3. The molecule has 7 nitrogen and oxygen atoms in total. The minimum absolute atomic E-state index is 0.0390. The van der Waals surface area contributed by atoms with Crippen molar-refractivity contribution in [2.24, 2.45) is 5.10 Å². The maximum Gasteiger partial charge on any atom is 0.417 e. The highest BCUT2D eigenvalue weighted by Gasteiger charge is 2.54. The highest BCUT2D eigenvalue weighted by atomic mass is 35.5. The Hall–Kier alpha value is -4.40. The van der Waals surface area contributed by atoms with E-state index >= 15 is 0 Å². The normalized spacial score (nSPS) is 17.0. The molecule has 1 N–H and O–H groups in total. The predicted molar refractivity (Wildman–Crippen MR) is 142 cm³/mol. The molecule has 1 aliphatic rings. The number of nitrogens with zero attached hydrogens (tertiary/aromatic N) is 2. The Bertz CT molecular complexity index is 1560.